The van der Waals surface area contributed by atoms with E-state index in [9.17, 15) is 0 Å². The van der Waals surface area contributed by atoms with Crippen molar-refractivity contribution in [3.8, 4) is 0 Å². The molecule has 0 aliphatic heterocycles. The molecule has 0 bridgehead atoms. The van der Waals surface area contributed by atoms with Crippen molar-refractivity contribution >= 4 is 12.6 Å². The highest BCUT2D eigenvalue weighted by Crippen LogP contribution is 1.97. The molecule has 0 aliphatic carbocycles. The van der Waals surface area contributed by atoms with Crippen molar-refractivity contribution in [3.05, 3.63) is 6.92 Å². The van der Waals surface area contributed by atoms with Gasteiger partial charge in [0, 0.05) is 5.37 Å². The number of hydrogen-bond donors (Lipinski definition) is 3. The standard InChI is InChI=1S/C5H12NOS/c1-4(8)6-5(2,3)7/h4,6-8H,2H2,1,3H3. The van der Waals surface area contributed by atoms with Crippen LogP contribution in [0.15, 0.2) is 0 Å². The third-order valence-corrected chi connectivity index (χ3v) is 0.649. The van der Waals surface area contributed by atoms with Gasteiger partial charge in [-0.3, -0.25) is 5.32 Å². The van der Waals surface area contributed by atoms with Gasteiger partial charge >= 0.3 is 0 Å². The molecule has 0 aliphatic rings. The van der Waals surface area contributed by atoms with Crippen molar-refractivity contribution < 1.29 is 5.11 Å². The fraction of sp³-hybridized carbons (Fsp3) is 0.800. The first-order valence-corrected chi connectivity index (χ1v) is 2.97. The summed E-state index contributed by atoms with van der Waals surface area (Å²) < 4.78 is 0. The first-order valence-electron chi connectivity index (χ1n) is 2.45. The second-order valence-corrected chi connectivity index (χ2v) is 2.87. The Hall–Kier alpha value is 0.270. The Kier molecular flexibility index (Phi) is 2.80. The largest absolute Gasteiger partial charge is 0.376 e. The van der Waals surface area contributed by atoms with E-state index in [2.05, 4.69) is 24.9 Å². The molecule has 3 heteroatoms. The van der Waals surface area contributed by atoms with Crippen molar-refractivity contribution in [1.29, 1.82) is 0 Å². The number of aliphatic hydroxyl groups is 1. The van der Waals surface area contributed by atoms with E-state index in [1.54, 1.807) is 6.92 Å². The second kappa shape index (κ2) is 2.71. The van der Waals surface area contributed by atoms with Crippen LogP contribution in [0.2, 0.25) is 0 Å². The highest BCUT2D eigenvalue weighted by molar-refractivity contribution is 7.80. The highest BCUT2D eigenvalue weighted by atomic mass is 32.1. The lowest BCUT2D eigenvalue weighted by Gasteiger charge is -2.20. The lowest BCUT2D eigenvalue weighted by atomic mass is 10.3. The lowest BCUT2D eigenvalue weighted by molar-refractivity contribution is 0.0699. The number of rotatable bonds is 2. The fourth-order valence-electron chi connectivity index (χ4n) is 0.450. The van der Waals surface area contributed by atoms with Crippen LogP contribution < -0.4 is 5.32 Å². The maximum atomic E-state index is 8.92. The van der Waals surface area contributed by atoms with Gasteiger partial charge in [0.2, 0.25) is 0 Å². The molecule has 8 heavy (non-hydrogen) atoms. The Labute approximate surface area is 55.7 Å². The Morgan fingerprint density at radius 2 is 2.25 bits per heavy atom. The summed E-state index contributed by atoms with van der Waals surface area (Å²) in [5.74, 6) is 0. The maximum Gasteiger partial charge on any atom is 0.114 e. The van der Waals surface area contributed by atoms with E-state index in [4.69, 9.17) is 5.11 Å². The van der Waals surface area contributed by atoms with E-state index < -0.39 is 5.72 Å². The van der Waals surface area contributed by atoms with Crippen LogP contribution in [0.3, 0.4) is 0 Å². The SMILES string of the molecule is [CH2]C(C)(O)NC(C)S. The van der Waals surface area contributed by atoms with Crippen molar-refractivity contribution in [2.75, 3.05) is 0 Å². The Balaban J connectivity index is 3.39. The first-order chi connectivity index (χ1) is 3.42. The minimum atomic E-state index is -1.05. The van der Waals surface area contributed by atoms with Crippen LogP contribution in [0, 0.1) is 6.92 Å². The van der Waals surface area contributed by atoms with Gasteiger partial charge in [-0.15, -0.1) is 0 Å². The smallest absolute Gasteiger partial charge is 0.114 e. The van der Waals surface area contributed by atoms with E-state index in [1.165, 1.54) is 0 Å². The zero-order valence-corrected chi connectivity index (χ0v) is 6.07. The van der Waals surface area contributed by atoms with Gasteiger partial charge in [-0.2, -0.15) is 12.6 Å². The Morgan fingerprint density at radius 3 is 2.25 bits per heavy atom. The molecule has 0 saturated heterocycles. The van der Waals surface area contributed by atoms with Gasteiger partial charge in [0.25, 0.3) is 0 Å². The van der Waals surface area contributed by atoms with Crippen molar-refractivity contribution in [3.63, 3.8) is 0 Å². The molecule has 49 valence electrons. The van der Waals surface area contributed by atoms with E-state index in [-0.39, 0.29) is 5.37 Å². The Morgan fingerprint density at radius 1 is 1.88 bits per heavy atom. The monoisotopic (exact) mass is 134 g/mol. The summed E-state index contributed by atoms with van der Waals surface area (Å²) in [6, 6.07) is 0. The summed E-state index contributed by atoms with van der Waals surface area (Å²) in [6.45, 7) is 6.80. The molecular weight excluding hydrogens is 122 g/mol. The average Bonchev–Trinajstić information content (AvgIpc) is 1.21. The number of hydrogen-bond acceptors (Lipinski definition) is 3. The molecular formula is C5H12NOS. The summed E-state index contributed by atoms with van der Waals surface area (Å²) in [4.78, 5) is 0. The zero-order valence-electron chi connectivity index (χ0n) is 5.18. The molecule has 0 fully saturated rings. The summed E-state index contributed by atoms with van der Waals surface area (Å²) in [5.41, 5.74) is -1.05. The summed E-state index contributed by atoms with van der Waals surface area (Å²) in [5, 5.41) is 11.6. The third kappa shape index (κ3) is 6.27. The van der Waals surface area contributed by atoms with Gasteiger partial charge in [0.1, 0.15) is 5.72 Å². The number of thiol groups is 1. The number of nitrogens with one attached hydrogen (secondary N) is 1. The van der Waals surface area contributed by atoms with Gasteiger partial charge in [-0.25, -0.2) is 0 Å². The normalized spacial score (nSPS) is 16.1. The lowest BCUT2D eigenvalue weighted by Crippen LogP contribution is -2.42. The average molecular weight is 134 g/mol. The van der Waals surface area contributed by atoms with Gasteiger partial charge < -0.3 is 5.11 Å². The summed E-state index contributed by atoms with van der Waals surface area (Å²) in [7, 11) is 0. The molecule has 0 rings (SSSR count). The molecule has 0 spiro atoms. The highest BCUT2D eigenvalue weighted by Gasteiger charge is 2.12. The van der Waals surface area contributed by atoms with Crippen molar-refractivity contribution in [2.24, 2.45) is 0 Å². The van der Waals surface area contributed by atoms with Crippen LogP contribution in [0.25, 0.3) is 0 Å². The molecule has 2 nitrogen and oxygen atoms in total. The van der Waals surface area contributed by atoms with Crippen molar-refractivity contribution in [1.82, 2.24) is 5.32 Å². The van der Waals surface area contributed by atoms with E-state index in [1.807, 2.05) is 6.92 Å². The molecule has 2 N–H and O–H groups in total. The van der Waals surface area contributed by atoms with Gasteiger partial charge in [0.05, 0.1) is 0 Å². The predicted molar refractivity (Wildman–Crippen MR) is 37.6 cm³/mol. The quantitative estimate of drug-likeness (QED) is 0.377. The van der Waals surface area contributed by atoms with Crippen LogP contribution in [0.5, 0.6) is 0 Å². The molecule has 0 heterocycles. The first kappa shape index (κ1) is 8.27. The van der Waals surface area contributed by atoms with Crippen LogP contribution in [-0.2, 0) is 0 Å². The van der Waals surface area contributed by atoms with Crippen LogP contribution in [0.4, 0.5) is 0 Å². The summed E-state index contributed by atoms with van der Waals surface area (Å²) in [6.07, 6.45) is 0. The van der Waals surface area contributed by atoms with Crippen LogP contribution in [-0.4, -0.2) is 16.2 Å². The molecule has 0 aromatic heterocycles. The van der Waals surface area contributed by atoms with Gasteiger partial charge in [-0.1, -0.05) is 0 Å². The minimum absolute atomic E-state index is 0.0255. The molecule has 0 saturated carbocycles. The van der Waals surface area contributed by atoms with Crippen LogP contribution in [0.1, 0.15) is 13.8 Å². The maximum absolute atomic E-state index is 8.92. The topological polar surface area (TPSA) is 32.3 Å². The predicted octanol–water partition coefficient (Wildman–Crippen LogP) is 0.394. The molecule has 1 radical (unpaired) electrons. The molecule has 2 atom stereocenters. The zero-order chi connectivity index (χ0) is 6.78. The van der Waals surface area contributed by atoms with E-state index in [0.717, 1.165) is 0 Å². The van der Waals surface area contributed by atoms with Crippen LogP contribution >= 0.6 is 12.6 Å². The molecule has 0 amide bonds. The molecule has 2 unspecified atom stereocenters. The summed E-state index contributed by atoms with van der Waals surface area (Å²) >= 11 is 3.98. The van der Waals surface area contributed by atoms with Gasteiger partial charge in [-0.05, 0) is 20.8 Å². The molecule has 0 aromatic carbocycles. The minimum Gasteiger partial charge on any atom is -0.376 e. The van der Waals surface area contributed by atoms with Gasteiger partial charge in [0.15, 0.2) is 0 Å². The van der Waals surface area contributed by atoms with E-state index >= 15 is 0 Å². The van der Waals surface area contributed by atoms with Crippen molar-refractivity contribution in [2.45, 2.75) is 24.9 Å². The third-order valence-electron chi connectivity index (χ3n) is 0.520. The van der Waals surface area contributed by atoms with E-state index in [0.29, 0.717) is 0 Å². The Bertz CT molecular complexity index is 67.3. The fourth-order valence-corrected chi connectivity index (χ4v) is 0.728. The molecule has 0 aromatic rings. The second-order valence-electron chi connectivity index (χ2n) is 2.09.